The quantitative estimate of drug-likeness (QED) is 0.887. The van der Waals surface area contributed by atoms with Crippen LogP contribution in [0.25, 0.3) is 10.6 Å². The number of nitrogens with zero attached hydrogens (tertiary/aromatic N) is 4. The minimum absolute atomic E-state index is 0.462. The molecule has 0 saturated carbocycles. The van der Waals surface area contributed by atoms with Crippen LogP contribution in [0, 0.1) is 0 Å². The molecule has 140 valence electrons. The van der Waals surface area contributed by atoms with Gasteiger partial charge in [-0.1, -0.05) is 36.0 Å². The molecule has 3 heterocycles. The number of aliphatic hydroxyl groups excluding tert-OH is 1. The Bertz CT molecular complexity index is 718. The summed E-state index contributed by atoms with van der Waals surface area (Å²) in [7, 11) is 0. The molecule has 1 aromatic heterocycles. The smallest absolute Gasteiger partial charge is 0.208 e. The first-order chi connectivity index (χ1) is 12.7. The van der Waals surface area contributed by atoms with E-state index in [4.69, 9.17) is 0 Å². The average Bonchev–Trinajstić information content (AvgIpc) is 3.19. The van der Waals surface area contributed by atoms with E-state index >= 15 is 0 Å². The molecule has 2 aliphatic rings. The van der Waals surface area contributed by atoms with Crippen LogP contribution >= 0.6 is 11.3 Å². The van der Waals surface area contributed by atoms with Crippen molar-refractivity contribution in [2.24, 2.45) is 0 Å². The maximum absolute atomic E-state index is 9.79. The molecule has 1 unspecified atom stereocenters. The highest BCUT2D eigenvalue weighted by Crippen LogP contribution is 2.32. The van der Waals surface area contributed by atoms with E-state index in [9.17, 15) is 5.11 Å². The second-order valence-electron chi connectivity index (χ2n) is 7.51. The van der Waals surface area contributed by atoms with E-state index in [1.54, 1.807) is 18.3 Å². The number of anilines is 1. The van der Waals surface area contributed by atoms with Crippen molar-refractivity contribution >= 4 is 16.5 Å². The van der Waals surface area contributed by atoms with Crippen molar-refractivity contribution in [1.29, 1.82) is 0 Å². The Balaban J connectivity index is 1.40. The molecule has 26 heavy (non-hydrogen) atoms. The lowest BCUT2D eigenvalue weighted by Crippen LogP contribution is -2.46. The van der Waals surface area contributed by atoms with Crippen LogP contribution in [0.4, 0.5) is 5.13 Å². The summed E-state index contributed by atoms with van der Waals surface area (Å²) in [6.45, 7) is 6.50. The van der Waals surface area contributed by atoms with Crippen LogP contribution in [0.15, 0.2) is 24.3 Å². The van der Waals surface area contributed by atoms with E-state index in [2.05, 4.69) is 20.0 Å². The van der Waals surface area contributed by atoms with Crippen molar-refractivity contribution in [2.45, 2.75) is 51.2 Å². The molecule has 0 bridgehead atoms. The van der Waals surface area contributed by atoms with E-state index in [1.807, 2.05) is 24.3 Å². The van der Waals surface area contributed by atoms with Gasteiger partial charge in [-0.15, -0.1) is 10.2 Å². The highest BCUT2D eigenvalue weighted by atomic mass is 32.1. The first kappa shape index (κ1) is 17.9. The summed E-state index contributed by atoms with van der Waals surface area (Å²) in [6.07, 6.45) is 6.13. The number of rotatable bonds is 4. The van der Waals surface area contributed by atoms with Gasteiger partial charge >= 0.3 is 0 Å². The number of aromatic nitrogens is 2. The van der Waals surface area contributed by atoms with E-state index in [0.29, 0.717) is 0 Å². The summed E-state index contributed by atoms with van der Waals surface area (Å²) in [5, 5.41) is 20.6. The molecule has 1 aromatic carbocycles. The van der Waals surface area contributed by atoms with Crippen molar-refractivity contribution in [1.82, 2.24) is 15.1 Å². The second-order valence-corrected chi connectivity index (χ2v) is 8.46. The second kappa shape index (κ2) is 8.03. The molecular weight excluding hydrogens is 344 g/mol. The third-order valence-electron chi connectivity index (χ3n) is 5.67. The van der Waals surface area contributed by atoms with Crippen molar-refractivity contribution in [3.8, 4) is 10.6 Å². The lowest BCUT2D eigenvalue weighted by Gasteiger charge is -2.40. The van der Waals surface area contributed by atoms with E-state index in [0.717, 1.165) is 40.4 Å². The van der Waals surface area contributed by atoms with Crippen LogP contribution < -0.4 is 4.90 Å². The largest absolute Gasteiger partial charge is 0.389 e. The molecule has 6 heteroatoms. The Morgan fingerprint density at radius 2 is 1.85 bits per heavy atom. The zero-order valence-corrected chi connectivity index (χ0v) is 16.3. The molecular formula is C20H28N4OS. The van der Waals surface area contributed by atoms with Crippen LogP contribution in [0.5, 0.6) is 0 Å². The van der Waals surface area contributed by atoms with E-state index in [-0.39, 0.29) is 0 Å². The van der Waals surface area contributed by atoms with Crippen molar-refractivity contribution in [2.75, 3.05) is 31.1 Å². The number of benzene rings is 1. The van der Waals surface area contributed by atoms with Crippen LogP contribution in [-0.4, -0.2) is 52.4 Å². The molecule has 4 rings (SSSR count). The van der Waals surface area contributed by atoms with Crippen molar-refractivity contribution in [3.05, 3.63) is 29.8 Å². The van der Waals surface area contributed by atoms with Gasteiger partial charge < -0.3 is 14.9 Å². The van der Waals surface area contributed by atoms with E-state index in [1.165, 1.54) is 45.2 Å². The molecule has 2 saturated heterocycles. The Kier molecular flexibility index (Phi) is 5.52. The number of hydrogen-bond acceptors (Lipinski definition) is 6. The predicted octanol–water partition coefficient (Wildman–Crippen LogP) is 3.71. The lowest BCUT2D eigenvalue weighted by atomic mass is 10.0. The van der Waals surface area contributed by atoms with Gasteiger partial charge in [-0.2, -0.15) is 0 Å². The fourth-order valence-electron chi connectivity index (χ4n) is 4.10. The molecule has 2 aliphatic heterocycles. The van der Waals surface area contributed by atoms with Gasteiger partial charge in [0.1, 0.15) is 5.01 Å². The fraction of sp³-hybridized carbons (Fsp3) is 0.600. The maximum Gasteiger partial charge on any atom is 0.208 e. The third-order valence-corrected chi connectivity index (χ3v) is 6.71. The zero-order valence-electron chi connectivity index (χ0n) is 15.5. The Morgan fingerprint density at radius 1 is 1.08 bits per heavy atom. The Morgan fingerprint density at radius 3 is 2.58 bits per heavy atom. The normalized spacial score (nSPS) is 21.1. The third kappa shape index (κ3) is 3.92. The van der Waals surface area contributed by atoms with Crippen LogP contribution in [0.3, 0.4) is 0 Å². The first-order valence-electron chi connectivity index (χ1n) is 9.81. The highest BCUT2D eigenvalue weighted by Gasteiger charge is 2.27. The highest BCUT2D eigenvalue weighted by molar-refractivity contribution is 7.18. The number of aliphatic hydroxyl groups is 1. The van der Waals surface area contributed by atoms with Crippen molar-refractivity contribution < 1.29 is 5.11 Å². The van der Waals surface area contributed by atoms with Gasteiger partial charge in [0.05, 0.1) is 6.10 Å². The summed E-state index contributed by atoms with van der Waals surface area (Å²) in [5.41, 5.74) is 1.96. The van der Waals surface area contributed by atoms with Crippen molar-refractivity contribution in [3.63, 3.8) is 0 Å². The molecule has 2 aromatic rings. The van der Waals surface area contributed by atoms with Crippen LogP contribution in [-0.2, 0) is 0 Å². The van der Waals surface area contributed by atoms with Gasteiger partial charge in [0, 0.05) is 24.7 Å². The molecule has 2 fully saturated rings. The lowest BCUT2D eigenvalue weighted by molar-refractivity contribution is 0.141. The predicted molar refractivity (Wildman–Crippen MR) is 107 cm³/mol. The van der Waals surface area contributed by atoms with Gasteiger partial charge in [0.15, 0.2) is 0 Å². The SMILES string of the molecule is CC(O)c1cccc(-c2nnc(N3CCC(N4CCCCC4)CC3)s2)c1. The monoisotopic (exact) mass is 372 g/mol. The van der Waals surface area contributed by atoms with Gasteiger partial charge in [0.25, 0.3) is 0 Å². The number of hydrogen-bond donors (Lipinski definition) is 1. The Hall–Kier alpha value is -1.50. The molecule has 0 spiro atoms. The average molecular weight is 373 g/mol. The minimum Gasteiger partial charge on any atom is -0.389 e. The van der Waals surface area contributed by atoms with Crippen LogP contribution in [0.1, 0.15) is 50.7 Å². The maximum atomic E-state index is 9.79. The minimum atomic E-state index is -0.462. The summed E-state index contributed by atoms with van der Waals surface area (Å²) in [6, 6.07) is 8.72. The Labute approximate surface area is 159 Å². The summed E-state index contributed by atoms with van der Waals surface area (Å²) >= 11 is 1.66. The number of piperidine rings is 2. The standard InChI is InChI=1S/C20H28N4OS/c1-15(25)16-6-5-7-17(14-16)19-21-22-20(26-19)24-12-8-18(9-13-24)23-10-3-2-4-11-23/h5-7,14-15,18,25H,2-4,8-13H2,1H3. The fourth-order valence-corrected chi connectivity index (χ4v) is 4.99. The summed E-state index contributed by atoms with van der Waals surface area (Å²) < 4.78 is 0. The van der Waals surface area contributed by atoms with Crippen LogP contribution in [0.2, 0.25) is 0 Å². The summed E-state index contributed by atoms with van der Waals surface area (Å²) in [4.78, 5) is 5.09. The molecule has 1 atom stereocenters. The summed E-state index contributed by atoms with van der Waals surface area (Å²) in [5.74, 6) is 0. The van der Waals surface area contributed by atoms with Gasteiger partial charge in [-0.05, 0) is 57.3 Å². The van der Waals surface area contributed by atoms with Gasteiger partial charge in [-0.3, -0.25) is 0 Å². The molecule has 0 radical (unpaired) electrons. The molecule has 0 aliphatic carbocycles. The molecule has 1 N–H and O–H groups in total. The topological polar surface area (TPSA) is 52.5 Å². The molecule has 0 amide bonds. The van der Waals surface area contributed by atoms with Gasteiger partial charge in [-0.25, -0.2) is 0 Å². The first-order valence-corrected chi connectivity index (χ1v) is 10.6. The number of likely N-dealkylation sites (tertiary alicyclic amines) is 1. The van der Waals surface area contributed by atoms with Gasteiger partial charge in [0.2, 0.25) is 5.13 Å². The van der Waals surface area contributed by atoms with E-state index < -0.39 is 6.10 Å². The molecule has 5 nitrogen and oxygen atoms in total. The zero-order chi connectivity index (χ0) is 17.9.